The molecule has 2 N–H and O–H groups in total. The lowest BCUT2D eigenvalue weighted by Crippen LogP contribution is -2.71. The first kappa shape index (κ1) is 21.6. The van der Waals surface area contributed by atoms with Crippen molar-refractivity contribution in [3.63, 3.8) is 0 Å². The van der Waals surface area contributed by atoms with Gasteiger partial charge < -0.3 is 19.7 Å². The van der Waals surface area contributed by atoms with Crippen LogP contribution in [0.15, 0.2) is 18.2 Å². The molecule has 1 atom stereocenters. The van der Waals surface area contributed by atoms with Crippen LogP contribution in [0, 0.1) is 12.8 Å². The van der Waals surface area contributed by atoms with Gasteiger partial charge in [-0.15, -0.1) is 0 Å². The molecule has 9 heteroatoms. The number of aryl methyl sites for hydroxylation is 1. The lowest BCUT2D eigenvalue weighted by molar-refractivity contribution is -0.259. The van der Waals surface area contributed by atoms with Gasteiger partial charge in [0.1, 0.15) is 0 Å². The van der Waals surface area contributed by atoms with E-state index in [9.17, 15) is 23.1 Å². The monoisotopic (exact) mass is 425 g/mol. The zero-order valence-corrected chi connectivity index (χ0v) is 17.8. The van der Waals surface area contributed by atoms with Crippen LogP contribution in [-0.4, -0.2) is 41.0 Å². The van der Waals surface area contributed by atoms with Crippen LogP contribution in [0.1, 0.15) is 58.1 Å². The van der Waals surface area contributed by atoms with Crippen molar-refractivity contribution in [3.05, 3.63) is 29.3 Å². The summed E-state index contributed by atoms with van der Waals surface area (Å²) >= 11 is 0. The predicted octanol–water partition coefficient (Wildman–Crippen LogP) is 2.71. The van der Waals surface area contributed by atoms with Crippen molar-refractivity contribution in [1.82, 2.24) is 5.32 Å². The van der Waals surface area contributed by atoms with Crippen molar-refractivity contribution in [3.8, 4) is 0 Å². The quantitative estimate of drug-likeness (QED) is 0.729. The third-order valence-electron chi connectivity index (χ3n) is 7.36. The van der Waals surface area contributed by atoms with Gasteiger partial charge in [-0.1, -0.05) is 23.8 Å². The minimum Gasteiger partial charge on any atom is -0.399 e. The van der Waals surface area contributed by atoms with E-state index in [2.05, 4.69) is 5.32 Å². The van der Waals surface area contributed by atoms with Crippen LogP contribution in [0.4, 0.5) is 13.2 Å². The molecule has 1 aromatic carbocycles. The zero-order chi connectivity index (χ0) is 22.3. The highest BCUT2D eigenvalue weighted by Gasteiger charge is 2.65. The van der Waals surface area contributed by atoms with Crippen molar-refractivity contribution < 1.29 is 32.4 Å². The van der Waals surface area contributed by atoms with Crippen LogP contribution in [0.25, 0.3) is 0 Å². The molecule has 1 aromatic rings. The Bertz CT molecular complexity index is 868. The summed E-state index contributed by atoms with van der Waals surface area (Å²) in [6.45, 7) is 9.09. The van der Waals surface area contributed by atoms with E-state index >= 15 is 0 Å². The normalized spacial score (nSPS) is 30.8. The molecule has 164 valence electrons. The Morgan fingerprint density at radius 1 is 1.13 bits per heavy atom. The molecular weight excluding hydrogens is 398 g/mol. The molecule has 0 radical (unpaired) electrons. The lowest BCUT2D eigenvalue weighted by Gasteiger charge is -2.62. The molecule has 1 amide bonds. The molecule has 1 heterocycles. The number of halogens is 3. The number of alkyl halides is 3. The minimum atomic E-state index is -5.19. The Hall–Kier alpha value is -1.58. The molecule has 30 heavy (non-hydrogen) atoms. The molecule has 4 fully saturated rings. The van der Waals surface area contributed by atoms with E-state index in [-0.39, 0.29) is 0 Å². The molecule has 5 nitrogen and oxygen atoms in total. The van der Waals surface area contributed by atoms with E-state index in [0.717, 1.165) is 6.07 Å². The molecule has 0 aromatic heterocycles. The maximum absolute atomic E-state index is 14.0. The van der Waals surface area contributed by atoms with Crippen molar-refractivity contribution in [2.24, 2.45) is 5.92 Å². The second kappa shape index (κ2) is 6.23. The van der Waals surface area contributed by atoms with Gasteiger partial charge in [-0.3, -0.25) is 4.79 Å². The fourth-order valence-electron chi connectivity index (χ4n) is 4.48. The fourth-order valence-corrected chi connectivity index (χ4v) is 4.48. The average molecular weight is 425 g/mol. The molecule has 1 aliphatic heterocycles. The van der Waals surface area contributed by atoms with E-state index in [1.165, 1.54) is 12.1 Å². The van der Waals surface area contributed by atoms with Gasteiger partial charge in [0.05, 0.1) is 11.2 Å². The smallest absolute Gasteiger partial charge is 0.399 e. The maximum Gasteiger partial charge on any atom is 0.495 e. The van der Waals surface area contributed by atoms with Gasteiger partial charge in [0.2, 0.25) is 0 Å². The molecule has 1 saturated heterocycles. The number of amides is 1. The summed E-state index contributed by atoms with van der Waals surface area (Å²) < 4.78 is 54.0. The molecule has 2 bridgehead atoms. The van der Waals surface area contributed by atoms with Crippen LogP contribution in [0.2, 0.25) is 0 Å². The van der Waals surface area contributed by atoms with Crippen molar-refractivity contribution >= 4 is 18.5 Å². The third-order valence-corrected chi connectivity index (χ3v) is 7.36. The van der Waals surface area contributed by atoms with E-state index in [0.29, 0.717) is 36.2 Å². The fraction of sp³-hybridized carbons (Fsp3) is 0.667. The van der Waals surface area contributed by atoms with Crippen LogP contribution in [0.3, 0.4) is 0 Å². The van der Waals surface area contributed by atoms with Crippen molar-refractivity contribution in [1.29, 1.82) is 0 Å². The highest BCUT2D eigenvalue weighted by Crippen LogP contribution is 2.57. The van der Waals surface area contributed by atoms with Crippen LogP contribution >= 0.6 is 0 Å². The highest BCUT2D eigenvalue weighted by atomic mass is 19.4. The molecule has 3 saturated carbocycles. The van der Waals surface area contributed by atoms with Gasteiger partial charge in [0.15, 0.2) is 0 Å². The van der Waals surface area contributed by atoms with Crippen LogP contribution in [-0.2, 0) is 19.7 Å². The second-order valence-electron chi connectivity index (χ2n) is 10.1. The number of carbonyl (C=O) groups is 1. The number of hydrogen-bond donors (Lipinski definition) is 2. The van der Waals surface area contributed by atoms with E-state index in [4.69, 9.17) is 9.31 Å². The first-order chi connectivity index (χ1) is 13.6. The largest absolute Gasteiger partial charge is 0.495 e. The zero-order valence-electron chi connectivity index (χ0n) is 17.8. The summed E-state index contributed by atoms with van der Waals surface area (Å²) in [5, 5.41) is 13.2. The number of benzene rings is 1. The summed E-state index contributed by atoms with van der Waals surface area (Å²) in [5.41, 5.74) is -5.17. The molecule has 3 aliphatic carbocycles. The van der Waals surface area contributed by atoms with E-state index in [1.807, 2.05) is 27.7 Å². The summed E-state index contributed by atoms with van der Waals surface area (Å²) in [5.74, 6) is -0.962. The van der Waals surface area contributed by atoms with Gasteiger partial charge in [-0.05, 0) is 65.3 Å². The van der Waals surface area contributed by atoms with Crippen molar-refractivity contribution in [2.45, 2.75) is 82.4 Å². The van der Waals surface area contributed by atoms with Gasteiger partial charge in [0, 0.05) is 11.1 Å². The molecule has 0 spiro atoms. The Morgan fingerprint density at radius 3 is 2.10 bits per heavy atom. The number of hydrogen-bond acceptors (Lipinski definition) is 4. The number of rotatable bonds is 4. The summed E-state index contributed by atoms with van der Waals surface area (Å²) in [7, 11) is -0.909. The Kier molecular flexibility index (Phi) is 4.50. The lowest BCUT2D eigenvalue weighted by atomic mass is 9.50. The van der Waals surface area contributed by atoms with Gasteiger partial charge in [-0.2, -0.15) is 13.2 Å². The SMILES string of the molecule is Cc1ccc(C(O)(C(=O)NC23CC(C2)C3)C(F)(F)F)cc1B1OC(C)(C)C(C)(C)O1. The Balaban J connectivity index is 1.70. The second-order valence-corrected chi connectivity index (χ2v) is 10.1. The predicted molar refractivity (Wildman–Crippen MR) is 105 cm³/mol. The van der Waals surface area contributed by atoms with Gasteiger partial charge in [-0.25, -0.2) is 0 Å². The first-order valence-corrected chi connectivity index (χ1v) is 10.2. The van der Waals surface area contributed by atoms with E-state index in [1.54, 1.807) is 6.92 Å². The molecule has 4 aliphatic rings. The molecular formula is C21H27BF3NO4. The number of carbonyl (C=O) groups excluding carboxylic acids is 1. The van der Waals surface area contributed by atoms with Crippen LogP contribution in [0.5, 0.6) is 0 Å². The van der Waals surface area contributed by atoms with Crippen molar-refractivity contribution in [2.75, 3.05) is 0 Å². The first-order valence-electron chi connectivity index (χ1n) is 10.2. The highest BCUT2D eigenvalue weighted by molar-refractivity contribution is 6.62. The average Bonchev–Trinajstić information content (AvgIpc) is 2.75. The van der Waals surface area contributed by atoms with Crippen LogP contribution < -0.4 is 10.8 Å². The Labute approximate surface area is 174 Å². The summed E-state index contributed by atoms with van der Waals surface area (Å²) in [4.78, 5) is 12.7. The maximum atomic E-state index is 14.0. The summed E-state index contributed by atoms with van der Waals surface area (Å²) in [6, 6.07) is 3.76. The molecule has 1 unspecified atom stereocenters. The molecule has 5 rings (SSSR count). The summed E-state index contributed by atoms with van der Waals surface area (Å²) in [6.07, 6.45) is -3.19. The number of aliphatic hydroxyl groups is 1. The topological polar surface area (TPSA) is 67.8 Å². The van der Waals surface area contributed by atoms with Gasteiger partial charge in [0.25, 0.3) is 11.5 Å². The minimum absolute atomic E-state index is 0.354. The number of nitrogens with one attached hydrogen (secondary N) is 1. The Morgan fingerprint density at radius 2 is 1.67 bits per heavy atom. The third kappa shape index (κ3) is 3.00. The van der Waals surface area contributed by atoms with E-state index < -0.39 is 47.1 Å². The standard InChI is InChI=1S/C21H27BF3NO4/c1-12-6-7-14(8-15(12)22-29-17(2,3)18(4,5)30-22)20(28,21(23,24)25)16(27)26-19-9-13(10-19)11-19/h6-8,13,28H,9-11H2,1-5H3,(H,26,27). The van der Waals surface area contributed by atoms with Gasteiger partial charge >= 0.3 is 13.3 Å².